The van der Waals surface area contributed by atoms with E-state index < -0.39 is 35.4 Å². The smallest absolute Gasteiger partial charge is 0.325 e. The maximum Gasteiger partial charge on any atom is 0.325 e. The van der Waals surface area contributed by atoms with Gasteiger partial charge in [-0.2, -0.15) is 0 Å². The van der Waals surface area contributed by atoms with Crippen molar-refractivity contribution in [3.05, 3.63) is 34.9 Å². The lowest BCUT2D eigenvalue weighted by atomic mass is 9.64. The van der Waals surface area contributed by atoms with Gasteiger partial charge in [0, 0.05) is 18.8 Å². The maximum absolute atomic E-state index is 13.4. The number of aliphatic hydroxyl groups excluding tert-OH is 1. The average Bonchev–Trinajstić information content (AvgIpc) is 2.75. The van der Waals surface area contributed by atoms with E-state index >= 15 is 0 Å². The number of benzene rings is 1. The van der Waals surface area contributed by atoms with E-state index in [1.807, 2.05) is 13.8 Å². The molecule has 1 aromatic carbocycles. The van der Waals surface area contributed by atoms with E-state index in [2.05, 4.69) is 5.32 Å². The van der Waals surface area contributed by atoms with Crippen molar-refractivity contribution >= 4 is 23.4 Å². The molecule has 2 N–H and O–H groups in total. The number of rotatable bonds is 6. The largest absolute Gasteiger partial charge is 0.506 e. The highest BCUT2D eigenvalue weighted by molar-refractivity contribution is 6.28. The van der Waals surface area contributed by atoms with E-state index in [9.17, 15) is 19.5 Å². The third-order valence-electron chi connectivity index (χ3n) is 5.44. The highest BCUT2D eigenvalue weighted by atomic mass is 16.5. The van der Waals surface area contributed by atoms with Crippen molar-refractivity contribution in [3.8, 4) is 5.75 Å². The van der Waals surface area contributed by atoms with E-state index in [4.69, 9.17) is 14.2 Å². The molecule has 0 aromatic heterocycles. The van der Waals surface area contributed by atoms with E-state index in [0.29, 0.717) is 42.9 Å². The van der Waals surface area contributed by atoms with Gasteiger partial charge in [-0.15, -0.1) is 0 Å². The van der Waals surface area contributed by atoms with Gasteiger partial charge in [-0.05, 0) is 36.5 Å². The van der Waals surface area contributed by atoms with Gasteiger partial charge in [0.25, 0.3) is 5.91 Å². The summed E-state index contributed by atoms with van der Waals surface area (Å²) in [5, 5.41) is 13.2. The van der Waals surface area contributed by atoms with Crippen LogP contribution in [0, 0.1) is 5.92 Å². The van der Waals surface area contributed by atoms with E-state index in [0.717, 1.165) is 0 Å². The molecule has 1 heterocycles. The molecule has 1 aromatic rings. The van der Waals surface area contributed by atoms with Gasteiger partial charge in [-0.25, -0.2) is 0 Å². The van der Waals surface area contributed by atoms with E-state index in [1.165, 1.54) is 7.11 Å². The topological polar surface area (TPSA) is 111 Å². The van der Waals surface area contributed by atoms with Crippen LogP contribution in [0.2, 0.25) is 0 Å². The number of carbonyl (C=O) groups excluding carboxylic acids is 3. The van der Waals surface area contributed by atoms with Crippen molar-refractivity contribution in [1.82, 2.24) is 5.32 Å². The van der Waals surface area contributed by atoms with Crippen molar-refractivity contribution in [2.24, 2.45) is 5.92 Å². The number of Topliss-reactive ketones (excluding diaryl/α,β-unsaturated/α-hetero) is 1. The molecule has 0 atom stereocenters. The number of esters is 1. The number of aliphatic hydroxyl groups is 1. The highest BCUT2D eigenvalue weighted by Gasteiger charge is 2.50. The van der Waals surface area contributed by atoms with Crippen LogP contribution in [0.25, 0.3) is 5.76 Å². The number of nitrogens with one attached hydrogen (secondary N) is 1. The van der Waals surface area contributed by atoms with Gasteiger partial charge in [0.05, 0.1) is 19.1 Å². The fraction of sp³-hybridized carbons (Fsp3) is 0.500. The molecule has 1 amide bonds. The van der Waals surface area contributed by atoms with Crippen LogP contribution in [0.15, 0.2) is 23.8 Å². The fourth-order valence-corrected chi connectivity index (χ4v) is 3.85. The minimum Gasteiger partial charge on any atom is -0.506 e. The third kappa shape index (κ3) is 4.05. The molecule has 1 aliphatic heterocycles. The quantitative estimate of drug-likeness (QED) is 0.537. The molecule has 0 saturated carbocycles. The maximum atomic E-state index is 13.4. The molecule has 0 unspecified atom stereocenters. The predicted octanol–water partition coefficient (Wildman–Crippen LogP) is 1.91. The predicted molar refractivity (Wildman–Crippen MR) is 108 cm³/mol. The number of hydrogen-bond donors (Lipinski definition) is 2. The third-order valence-corrected chi connectivity index (χ3v) is 5.44. The molecule has 3 rings (SSSR count). The zero-order chi connectivity index (χ0) is 21.9. The van der Waals surface area contributed by atoms with Crippen molar-refractivity contribution in [1.29, 1.82) is 0 Å². The van der Waals surface area contributed by atoms with Gasteiger partial charge in [0.15, 0.2) is 5.78 Å². The van der Waals surface area contributed by atoms with Gasteiger partial charge in [0.1, 0.15) is 23.6 Å². The monoisotopic (exact) mass is 417 g/mol. The number of hydrogen-bond acceptors (Lipinski definition) is 7. The molecular formula is C22H27NO7. The number of ether oxygens (including phenoxy) is 3. The second-order valence-electron chi connectivity index (χ2n) is 7.92. The zero-order valence-corrected chi connectivity index (χ0v) is 17.4. The summed E-state index contributed by atoms with van der Waals surface area (Å²) in [5.41, 5.74) is -0.281. The number of methoxy groups -OCH3 is 1. The summed E-state index contributed by atoms with van der Waals surface area (Å²) >= 11 is 0. The van der Waals surface area contributed by atoms with Crippen LogP contribution in [-0.2, 0) is 29.3 Å². The van der Waals surface area contributed by atoms with Crippen LogP contribution in [0.1, 0.15) is 37.8 Å². The van der Waals surface area contributed by atoms with Crippen LogP contribution >= 0.6 is 0 Å². The van der Waals surface area contributed by atoms with Crippen molar-refractivity contribution < 1.29 is 33.7 Å². The minimum absolute atomic E-state index is 0.163. The fourth-order valence-electron chi connectivity index (χ4n) is 3.85. The van der Waals surface area contributed by atoms with Crippen LogP contribution in [-0.4, -0.2) is 56.2 Å². The van der Waals surface area contributed by atoms with Gasteiger partial charge in [-0.3, -0.25) is 14.4 Å². The van der Waals surface area contributed by atoms with Gasteiger partial charge >= 0.3 is 5.97 Å². The molecule has 1 spiro atoms. The first-order valence-electron chi connectivity index (χ1n) is 9.98. The summed E-state index contributed by atoms with van der Waals surface area (Å²) in [6.07, 6.45) is 0.789. The number of fused-ring (bicyclic) bond motifs is 2. The first kappa shape index (κ1) is 21.8. The van der Waals surface area contributed by atoms with Crippen molar-refractivity contribution in [3.63, 3.8) is 0 Å². The summed E-state index contributed by atoms with van der Waals surface area (Å²) < 4.78 is 15.7. The van der Waals surface area contributed by atoms with E-state index in [1.54, 1.807) is 18.2 Å². The average molecular weight is 417 g/mol. The molecule has 1 aliphatic carbocycles. The summed E-state index contributed by atoms with van der Waals surface area (Å²) in [6, 6.07) is 5.09. The van der Waals surface area contributed by atoms with Crippen LogP contribution in [0.3, 0.4) is 0 Å². The Labute approximate surface area is 175 Å². The lowest BCUT2D eigenvalue weighted by Crippen LogP contribution is -2.48. The summed E-state index contributed by atoms with van der Waals surface area (Å²) in [4.78, 5) is 38.1. The molecule has 0 bridgehead atoms. The van der Waals surface area contributed by atoms with E-state index in [-0.39, 0.29) is 18.1 Å². The molecule has 1 saturated heterocycles. The molecule has 2 aliphatic rings. The Morgan fingerprint density at radius 1 is 1.27 bits per heavy atom. The normalized spacial score (nSPS) is 17.7. The summed E-state index contributed by atoms with van der Waals surface area (Å²) in [6.45, 7) is 4.38. The first-order chi connectivity index (χ1) is 14.3. The summed E-state index contributed by atoms with van der Waals surface area (Å²) in [5.74, 6) is -1.64. The molecule has 0 radical (unpaired) electrons. The van der Waals surface area contributed by atoms with Gasteiger partial charge in [-0.1, -0.05) is 19.9 Å². The van der Waals surface area contributed by atoms with Crippen LogP contribution < -0.4 is 10.1 Å². The van der Waals surface area contributed by atoms with Gasteiger partial charge < -0.3 is 24.6 Å². The first-order valence-corrected chi connectivity index (χ1v) is 9.98. The lowest BCUT2D eigenvalue weighted by molar-refractivity contribution is -0.145. The van der Waals surface area contributed by atoms with Crippen LogP contribution in [0.4, 0.5) is 0 Å². The Balaban J connectivity index is 1.93. The SMILES string of the molecule is COc1ccc2c(c1)C(O)=C(C(=O)NCC(=O)OCC(C)C)C(=O)C21CCOCC1. The number of amides is 1. The Hall–Kier alpha value is -2.87. The number of carbonyl (C=O) groups is 3. The Morgan fingerprint density at radius 3 is 2.60 bits per heavy atom. The highest BCUT2D eigenvalue weighted by Crippen LogP contribution is 2.46. The number of ketones is 1. The molecule has 8 nitrogen and oxygen atoms in total. The molecular weight excluding hydrogens is 390 g/mol. The Kier molecular flexibility index (Phi) is 6.45. The molecule has 1 fully saturated rings. The van der Waals surface area contributed by atoms with Crippen molar-refractivity contribution in [2.75, 3.05) is 33.5 Å². The molecule has 162 valence electrons. The molecule has 30 heavy (non-hydrogen) atoms. The second kappa shape index (κ2) is 8.87. The Bertz CT molecular complexity index is 881. The Morgan fingerprint density at radius 2 is 1.97 bits per heavy atom. The van der Waals surface area contributed by atoms with Gasteiger partial charge in [0.2, 0.25) is 0 Å². The lowest BCUT2D eigenvalue weighted by Gasteiger charge is -2.40. The van der Waals surface area contributed by atoms with Crippen molar-refractivity contribution in [2.45, 2.75) is 32.1 Å². The zero-order valence-electron chi connectivity index (χ0n) is 17.4. The second-order valence-corrected chi connectivity index (χ2v) is 7.92. The molecule has 8 heteroatoms. The standard InChI is InChI=1S/C22H27NO7/c1-13(2)12-30-17(24)11-23-21(27)18-19(25)15-10-14(28-3)4-5-16(15)22(20(18)26)6-8-29-9-7-22/h4-5,10,13,25H,6-9,11-12H2,1-3H3,(H,23,27). The summed E-state index contributed by atoms with van der Waals surface area (Å²) in [7, 11) is 1.50. The van der Waals surface area contributed by atoms with Crippen LogP contribution in [0.5, 0.6) is 5.75 Å². The minimum atomic E-state index is -0.961.